The molecule has 1 heterocycles. The first-order valence-electron chi connectivity index (χ1n) is 8.75. The lowest BCUT2D eigenvalue weighted by atomic mass is 9.76. The van der Waals surface area contributed by atoms with Crippen molar-refractivity contribution in [2.75, 3.05) is 20.8 Å². The Kier molecular flexibility index (Phi) is 5.96. The number of ketones is 1. The molecule has 1 aliphatic rings. The summed E-state index contributed by atoms with van der Waals surface area (Å²) >= 11 is 1.55. The van der Waals surface area contributed by atoms with Crippen LogP contribution in [0.3, 0.4) is 0 Å². The lowest BCUT2D eigenvalue weighted by molar-refractivity contribution is -0.151. The standard InChI is InChI=1S/C21H22O5S/c1-4-26-21(23)20-15(19-6-5-9-27-19)10-14(11-16(20)22)13-7-8-17(24-2)18(12-13)25-3/h5-9,11-12,15,20H,4,10H2,1-3H3/t15-,20+/m0/s1. The third-order valence-corrected chi connectivity index (χ3v) is 5.67. The van der Waals surface area contributed by atoms with Gasteiger partial charge in [-0.05, 0) is 54.1 Å². The Morgan fingerprint density at radius 1 is 1.19 bits per heavy atom. The van der Waals surface area contributed by atoms with Crippen molar-refractivity contribution in [3.05, 3.63) is 52.2 Å². The van der Waals surface area contributed by atoms with E-state index < -0.39 is 11.9 Å². The Morgan fingerprint density at radius 3 is 2.59 bits per heavy atom. The summed E-state index contributed by atoms with van der Waals surface area (Å²) < 4.78 is 15.8. The van der Waals surface area contributed by atoms with Crippen LogP contribution in [0, 0.1) is 5.92 Å². The normalized spacial score (nSPS) is 19.4. The Balaban J connectivity index is 2.00. The van der Waals surface area contributed by atoms with Crippen LogP contribution in [-0.2, 0) is 14.3 Å². The maximum absolute atomic E-state index is 12.8. The largest absolute Gasteiger partial charge is 0.493 e. The first-order chi connectivity index (χ1) is 13.1. The summed E-state index contributed by atoms with van der Waals surface area (Å²) in [5.74, 6) is -0.477. The SMILES string of the molecule is CCOC(=O)[C@H]1C(=O)C=C(c2ccc(OC)c(OC)c2)C[C@H]1c1cccs1. The Hall–Kier alpha value is -2.60. The van der Waals surface area contributed by atoms with Crippen molar-refractivity contribution >= 4 is 28.7 Å². The predicted molar refractivity (Wildman–Crippen MR) is 104 cm³/mol. The van der Waals surface area contributed by atoms with Crippen molar-refractivity contribution in [1.82, 2.24) is 0 Å². The molecule has 1 aromatic carbocycles. The molecule has 0 fully saturated rings. The van der Waals surface area contributed by atoms with Crippen LogP contribution in [0.25, 0.3) is 5.57 Å². The Morgan fingerprint density at radius 2 is 1.96 bits per heavy atom. The molecule has 0 saturated carbocycles. The number of methoxy groups -OCH3 is 2. The number of benzene rings is 1. The summed E-state index contributed by atoms with van der Waals surface area (Å²) in [5, 5.41) is 1.95. The molecule has 5 nitrogen and oxygen atoms in total. The number of ether oxygens (including phenoxy) is 3. The molecule has 0 amide bonds. The third-order valence-electron chi connectivity index (χ3n) is 4.67. The summed E-state index contributed by atoms with van der Waals surface area (Å²) in [7, 11) is 3.16. The second kappa shape index (κ2) is 8.39. The van der Waals surface area contributed by atoms with Gasteiger partial charge in [0, 0.05) is 10.8 Å². The number of hydrogen-bond acceptors (Lipinski definition) is 6. The van der Waals surface area contributed by atoms with E-state index in [-0.39, 0.29) is 18.3 Å². The Labute approximate surface area is 162 Å². The van der Waals surface area contributed by atoms with E-state index in [0.29, 0.717) is 17.9 Å². The van der Waals surface area contributed by atoms with E-state index in [1.165, 1.54) is 0 Å². The molecule has 2 atom stereocenters. The highest BCUT2D eigenvalue weighted by atomic mass is 32.1. The monoisotopic (exact) mass is 386 g/mol. The fourth-order valence-electron chi connectivity index (χ4n) is 3.39. The molecule has 0 aliphatic heterocycles. The minimum atomic E-state index is -0.799. The maximum atomic E-state index is 12.8. The summed E-state index contributed by atoms with van der Waals surface area (Å²) in [6.07, 6.45) is 2.14. The van der Waals surface area contributed by atoms with Crippen molar-refractivity contribution in [3.63, 3.8) is 0 Å². The molecule has 3 rings (SSSR count). The zero-order chi connectivity index (χ0) is 19.4. The lowest BCUT2D eigenvalue weighted by Gasteiger charge is -2.28. The van der Waals surface area contributed by atoms with E-state index >= 15 is 0 Å². The number of carbonyl (C=O) groups excluding carboxylic acids is 2. The molecule has 0 saturated heterocycles. The molecule has 1 aliphatic carbocycles. The molecule has 0 bridgehead atoms. The highest BCUT2D eigenvalue weighted by molar-refractivity contribution is 7.10. The van der Waals surface area contributed by atoms with Crippen LogP contribution in [0.4, 0.5) is 0 Å². The second-order valence-electron chi connectivity index (χ2n) is 6.20. The maximum Gasteiger partial charge on any atom is 0.317 e. The smallest absolute Gasteiger partial charge is 0.317 e. The number of hydrogen-bond donors (Lipinski definition) is 0. The summed E-state index contributed by atoms with van der Waals surface area (Å²) in [6, 6.07) is 9.47. The van der Waals surface area contributed by atoms with Crippen LogP contribution < -0.4 is 9.47 Å². The molecule has 142 valence electrons. The van der Waals surface area contributed by atoms with Gasteiger partial charge in [-0.25, -0.2) is 0 Å². The number of thiophene rings is 1. The minimum absolute atomic E-state index is 0.220. The highest BCUT2D eigenvalue weighted by Gasteiger charge is 2.40. The van der Waals surface area contributed by atoms with Crippen molar-refractivity contribution in [3.8, 4) is 11.5 Å². The van der Waals surface area contributed by atoms with Crippen LogP contribution in [0.5, 0.6) is 11.5 Å². The van der Waals surface area contributed by atoms with Crippen LogP contribution in [0.1, 0.15) is 29.7 Å². The summed E-state index contributed by atoms with van der Waals surface area (Å²) in [5.41, 5.74) is 1.75. The van der Waals surface area contributed by atoms with E-state index in [2.05, 4.69) is 0 Å². The van der Waals surface area contributed by atoms with Crippen molar-refractivity contribution in [1.29, 1.82) is 0 Å². The van der Waals surface area contributed by atoms with Gasteiger partial charge in [-0.3, -0.25) is 9.59 Å². The summed E-state index contributed by atoms with van der Waals surface area (Å²) in [4.78, 5) is 26.3. The molecule has 27 heavy (non-hydrogen) atoms. The molecular formula is C21H22O5S. The summed E-state index contributed by atoms with van der Waals surface area (Å²) in [6.45, 7) is 2.00. The zero-order valence-electron chi connectivity index (χ0n) is 15.6. The number of rotatable bonds is 6. The molecule has 0 radical (unpaired) electrons. The van der Waals surface area contributed by atoms with Gasteiger partial charge in [-0.1, -0.05) is 12.1 Å². The molecule has 1 aromatic heterocycles. The quantitative estimate of drug-likeness (QED) is 0.553. The minimum Gasteiger partial charge on any atom is -0.493 e. The van der Waals surface area contributed by atoms with Gasteiger partial charge in [-0.2, -0.15) is 0 Å². The molecule has 0 unspecified atom stereocenters. The third kappa shape index (κ3) is 3.90. The Bertz CT molecular complexity index is 853. The van der Waals surface area contributed by atoms with Gasteiger partial charge in [0.05, 0.1) is 20.8 Å². The fraction of sp³-hybridized carbons (Fsp3) is 0.333. The molecule has 0 N–H and O–H groups in total. The fourth-order valence-corrected chi connectivity index (χ4v) is 4.26. The van der Waals surface area contributed by atoms with Gasteiger partial charge in [0.1, 0.15) is 5.92 Å². The van der Waals surface area contributed by atoms with Gasteiger partial charge in [-0.15, -0.1) is 11.3 Å². The molecule has 0 spiro atoms. The first-order valence-corrected chi connectivity index (χ1v) is 9.63. The van der Waals surface area contributed by atoms with Crippen LogP contribution in [0.15, 0.2) is 41.8 Å². The number of carbonyl (C=O) groups is 2. The van der Waals surface area contributed by atoms with E-state index in [9.17, 15) is 9.59 Å². The van der Waals surface area contributed by atoms with E-state index in [1.54, 1.807) is 38.6 Å². The number of esters is 1. The molecule has 2 aromatic rings. The van der Waals surface area contributed by atoms with Crippen LogP contribution >= 0.6 is 11.3 Å². The van der Waals surface area contributed by atoms with Gasteiger partial charge < -0.3 is 14.2 Å². The van der Waals surface area contributed by atoms with Crippen LogP contribution in [0.2, 0.25) is 0 Å². The van der Waals surface area contributed by atoms with Gasteiger partial charge in [0.2, 0.25) is 0 Å². The van der Waals surface area contributed by atoms with E-state index in [0.717, 1.165) is 16.0 Å². The van der Waals surface area contributed by atoms with Crippen LogP contribution in [-0.4, -0.2) is 32.6 Å². The first kappa shape index (κ1) is 19.2. The van der Waals surface area contributed by atoms with Crippen molar-refractivity contribution in [2.45, 2.75) is 19.3 Å². The van der Waals surface area contributed by atoms with Gasteiger partial charge in [0.15, 0.2) is 17.3 Å². The average molecular weight is 386 g/mol. The molecular weight excluding hydrogens is 364 g/mol. The highest BCUT2D eigenvalue weighted by Crippen LogP contribution is 2.43. The lowest BCUT2D eigenvalue weighted by Crippen LogP contribution is -2.33. The average Bonchev–Trinajstić information content (AvgIpc) is 3.21. The zero-order valence-corrected chi connectivity index (χ0v) is 16.4. The van der Waals surface area contributed by atoms with E-state index in [1.807, 2.05) is 35.7 Å². The second-order valence-corrected chi connectivity index (χ2v) is 7.18. The number of allylic oxidation sites excluding steroid dienone is 2. The van der Waals surface area contributed by atoms with Gasteiger partial charge in [0.25, 0.3) is 0 Å². The van der Waals surface area contributed by atoms with E-state index in [4.69, 9.17) is 14.2 Å². The van der Waals surface area contributed by atoms with Crippen molar-refractivity contribution in [2.24, 2.45) is 5.92 Å². The topological polar surface area (TPSA) is 61.8 Å². The predicted octanol–water partition coefficient (Wildman–Crippen LogP) is 4.08. The molecule has 6 heteroatoms. The van der Waals surface area contributed by atoms with Gasteiger partial charge >= 0.3 is 5.97 Å². The van der Waals surface area contributed by atoms with Crippen molar-refractivity contribution < 1.29 is 23.8 Å².